The van der Waals surface area contributed by atoms with E-state index in [1.807, 2.05) is 99.9 Å². The minimum atomic E-state index is 0.265. The van der Waals surface area contributed by atoms with Gasteiger partial charge in [-0.2, -0.15) is 0 Å². The van der Waals surface area contributed by atoms with Crippen LogP contribution in [0.5, 0.6) is 0 Å². The number of fused-ring (bicyclic) bond motifs is 2. The topological polar surface area (TPSA) is 265 Å². The molecule has 0 amide bonds. The van der Waals surface area contributed by atoms with Crippen molar-refractivity contribution in [2.24, 2.45) is 0 Å². The minimum Gasteiger partial charge on any atom is -0.463 e. The highest BCUT2D eigenvalue weighted by atomic mass is 32.1. The Balaban J connectivity index is 0.000000123. The quantitative estimate of drug-likeness (QED) is 0.0598. The Kier molecular flexibility index (Phi) is 14.6. The first kappa shape index (κ1) is 47.2. The first-order chi connectivity index (χ1) is 34.7. The van der Waals surface area contributed by atoms with E-state index < -0.39 is 0 Å². The summed E-state index contributed by atoms with van der Waals surface area (Å²) in [4.78, 5) is 18.0. The van der Waals surface area contributed by atoms with Crippen LogP contribution in [0.4, 0.5) is 23.8 Å². The molecule has 4 aromatic carbocycles. The zero-order chi connectivity index (χ0) is 49.1. The van der Waals surface area contributed by atoms with Crippen molar-refractivity contribution in [2.75, 3.05) is 58.6 Å². The van der Waals surface area contributed by atoms with Crippen molar-refractivity contribution in [1.29, 1.82) is 0 Å². The van der Waals surface area contributed by atoms with Crippen molar-refractivity contribution in [3.05, 3.63) is 192 Å². The lowest BCUT2D eigenvalue weighted by atomic mass is 9.83. The SMILES string of the molecule is Nc1nc(-c2ccccc2)cn1NCC1CCCc2ccccc21.Nc1nc(-c2ccccc2)cn1NCC1CCc2ccccc21.Nc1nc(-c2ccco2)cn1N.Nc1nc(-c2cccs2)cn1N. The summed E-state index contributed by atoms with van der Waals surface area (Å²) >= 11 is 1.61. The Labute approximate surface area is 415 Å². The number of nitrogens with zero attached hydrogens (tertiary/aromatic N) is 8. The monoisotopic (exact) mass is 966 g/mol. The fourth-order valence-electron chi connectivity index (χ4n) is 8.78. The van der Waals surface area contributed by atoms with E-state index in [2.05, 4.69) is 79.3 Å². The fraction of sp³-hybridized carbons (Fsp3) is 0.170. The summed E-state index contributed by atoms with van der Waals surface area (Å²) in [5.41, 5.74) is 41.2. The number of hydrogen-bond acceptors (Lipinski definition) is 14. The van der Waals surface area contributed by atoms with Gasteiger partial charge in [0.1, 0.15) is 11.4 Å². The van der Waals surface area contributed by atoms with Crippen molar-refractivity contribution < 1.29 is 4.42 Å². The van der Waals surface area contributed by atoms with Crippen LogP contribution in [-0.2, 0) is 12.8 Å². The van der Waals surface area contributed by atoms with E-state index in [1.54, 1.807) is 42.1 Å². The molecule has 10 aromatic rings. The van der Waals surface area contributed by atoms with E-state index in [0.717, 1.165) is 52.6 Å². The molecule has 0 bridgehead atoms. The van der Waals surface area contributed by atoms with Crippen LogP contribution in [0.3, 0.4) is 0 Å². The minimum absolute atomic E-state index is 0.265. The molecule has 12 rings (SSSR count). The van der Waals surface area contributed by atoms with E-state index in [4.69, 9.17) is 39.0 Å². The summed E-state index contributed by atoms with van der Waals surface area (Å²) in [7, 11) is 0. The second kappa shape index (κ2) is 22.0. The number of nitrogens with one attached hydrogen (secondary N) is 2. The van der Waals surface area contributed by atoms with Gasteiger partial charge in [-0.3, -0.25) is 0 Å². The Morgan fingerprint density at radius 2 is 1.01 bits per heavy atom. The zero-order valence-corrected chi connectivity index (χ0v) is 39.9. The summed E-state index contributed by atoms with van der Waals surface area (Å²) in [6, 6.07) is 45.2. The molecule has 17 nitrogen and oxygen atoms in total. The molecule has 2 aliphatic carbocycles. The standard InChI is InChI=1S/C20H22N4.C19H20N4.C7H8N4O.C7H8N4S/c21-20-23-19(16-8-2-1-3-9-16)14-24(20)22-13-17-11-6-10-15-7-4-5-12-18(15)17;20-19-22-18(15-7-2-1-3-8-15)13-23(19)21-12-16-11-10-14-6-4-5-9-17(14)16;2*8-7-10-5(4-11(7)9)6-2-1-3-12-6/h1-5,7-9,12,14,17,22H,6,10-11,13H2,(H2,21,23);1-9,13,16,21H,10-12H2,(H2,20,22);2*1-4H,9H2,(H2,8,10). The van der Waals surface area contributed by atoms with Gasteiger partial charge in [0, 0.05) is 36.1 Å². The van der Waals surface area contributed by atoms with Gasteiger partial charge in [-0.25, -0.2) is 38.6 Å². The number of nitrogen functional groups attached to an aromatic ring is 6. The van der Waals surface area contributed by atoms with Gasteiger partial charge in [-0.05, 0) is 77.9 Å². The predicted molar refractivity (Wildman–Crippen MR) is 287 cm³/mol. The normalized spacial score (nSPS) is 14.4. The number of aryl methyl sites for hydroxylation is 2. The Hall–Kier alpha value is -8.90. The lowest BCUT2D eigenvalue weighted by molar-refractivity contribution is 0.556. The second-order valence-corrected chi connectivity index (χ2v) is 18.1. The van der Waals surface area contributed by atoms with Gasteiger partial charge in [0.25, 0.3) is 0 Å². The van der Waals surface area contributed by atoms with Crippen molar-refractivity contribution in [1.82, 2.24) is 38.6 Å². The molecule has 14 N–H and O–H groups in total. The molecular weight excluding hydrogens is 909 g/mol. The van der Waals surface area contributed by atoms with E-state index in [9.17, 15) is 0 Å². The number of benzene rings is 4. The molecule has 6 heterocycles. The molecule has 0 fully saturated rings. The Bertz CT molecular complexity index is 3110. The summed E-state index contributed by atoms with van der Waals surface area (Å²) in [6.45, 7) is 1.73. The van der Waals surface area contributed by atoms with Crippen molar-refractivity contribution >= 4 is 35.1 Å². The Morgan fingerprint density at radius 1 is 0.507 bits per heavy atom. The first-order valence-corrected chi connectivity index (χ1v) is 24.3. The summed E-state index contributed by atoms with van der Waals surface area (Å²) in [6.07, 6.45) is 14.8. The third-order valence-electron chi connectivity index (χ3n) is 12.4. The van der Waals surface area contributed by atoms with E-state index in [0.29, 0.717) is 41.1 Å². The second-order valence-electron chi connectivity index (χ2n) is 17.1. The van der Waals surface area contributed by atoms with Crippen LogP contribution >= 0.6 is 11.3 Å². The maximum absolute atomic E-state index is 6.08. The van der Waals surface area contributed by atoms with Gasteiger partial charge in [0.15, 0.2) is 5.76 Å². The van der Waals surface area contributed by atoms with Crippen LogP contribution in [0.25, 0.3) is 44.5 Å². The summed E-state index contributed by atoms with van der Waals surface area (Å²) < 4.78 is 11.3. The van der Waals surface area contributed by atoms with Crippen LogP contribution in [-0.4, -0.2) is 51.7 Å². The third-order valence-corrected chi connectivity index (χ3v) is 13.3. The maximum Gasteiger partial charge on any atom is 0.219 e. The highest BCUT2D eigenvalue weighted by Gasteiger charge is 2.23. The highest BCUT2D eigenvalue weighted by Crippen LogP contribution is 2.33. The van der Waals surface area contributed by atoms with E-state index >= 15 is 0 Å². The van der Waals surface area contributed by atoms with Crippen LogP contribution in [0.15, 0.2) is 174 Å². The average Bonchev–Trinajstić information content (AvgIpc) is 4.29. The molecular formula is C53H58N16OS. The number of thiophene rings is 1. The number of furan rings is 1. The zero-order valence-electron chi connectivity index (χ0n) is 39.1. The largest absolute Gasteiger partial charge is 0.463 e. The molecule has 2 aliphatic rings. The molecule has 0 spiro atoms. The number of hydrogen-bond donors (Lipinski definition) is 8. The summed E-state index contributed by atoms with van der Waals surface area (Å²) in [5.74, 6) is 14.2. The van der Waals surface area contributed by atoms with Crippen LogP contribution < -0.4 is 45.5 Å². The van der Waals surface area contributed by atoms with Crippen LogP contribution in [0.1, 0.15) is 53.4 Å². The lowest BCUT2D eigenvalue weighted by Gasteiger charge is -2.26. The number of aromatic nitrogens is 8. The number of anilines is 4. The number of nitrogens with two attached hydrogens (primary N) is 6. The van der Waals surface area contributed by atoms with Gasteiger partial charge in [0.2, 0.25) is 23.8 Å². The molecule has 0 radical (unpaired) electrons. The number of imidazole rings is 4. The molecule has 2 atom stereocenters. The molecule has 362 valence electrons. The van der Waals surface area contributed by atoms with E-state index in [-0.39, 0.29) is 5.95 Å². The van der Waals surface area contributed by atoms with E-state index in [1.165, 1.54) is 57.3 Å². The lowest BCUT2D eigenvalue weighted by Crippen LogP contribution is -2.24. The average molecular weight is 967 g/mol. The Morgan fingerprint density at radius 3 is 1.52 bits per heavy atom. The first-order valence-electron chi connectivity index (χ1n) is 23.4. The van der Waals surface area contributed by atoms with Crippen molar-refractivity contribution in [3.8, 4) is 44.5 Å². The maximum atomic E-state index is 6.08. The smallest absolute Gasteiger partial charge is 0.219 e. The highest BCUT2D eigenvalue weighted by molar-refractivity contribution is 7.13. The van der Waals surface area contributed by atoms with Crippen LogP contribution in [0, 0.1) is 0 Å². The van der Waals surface area contributed by atoms with Gasteiger partial charge in [-0.15, -0.1) is 11.3 Å². The van der Waals surface area contributed by atoms with Gasteiger partial charge < -0.3 is 49.9 Å². The summed E-state index contributed by atoms with van der Waals surface area (Å²) in [5, 5.41) is 1.99. The van der Waals surface area contributed by atoms with Gasteiger partial charge >= 0.3 is 0 Å². The van der Waals surface area contributed by atoms with Crippen molar-refractivity contribution in [3.63, 3.8) is 0 Å². The molecule has 0 saturated heterocycles. The third kappa shape index (κ3) is 11.5. The number of rotatable bonds is 10. The molecule has 18 heteroatoms. The fourth-order valence-corrected chi connectivity index (χ4v) is 9.46. The van der Waals surface area contributed by atoms with Gasteiger partial charge in [-0.1, -0.05) is 115 Å². The molecule has 0 aliphatic heterocycles. The van der Waals surface area contributed by atoms with Gasteiger partial charge in [0.05, 0.1) is 47.3 Å². The molecule has 2 unspecified atom stereocenters. The van der Waals surface area contributed by atoms with Crippen molar-refractivity contribution in [2.45, 2.75) is 43.9 Å². The van der Waals surface area contributed by atoms with Crippen LogP contribution in [0.2, 0.25) is 0 Å². The molecule has 6 aromatic heterocycles. The molecule has 0 saturated carbocycles. The predicted octanol–water partition coefficient (Wildman–Crippen LogP) is 8.55. The molecule has 71 heavy (non-hydrogen) atoms.